The van der Waals surface area contributed by atoms with Gasteiger partial charge in [-0.15, -0.1) is 0 Å². The molecule has 1 saturated heterocycles. The van der Waals surface area contributed by atoms with Crippen LogP contribution in [0.3, 0.4) is 0 Å². The van der Waals surface area contributed by atoms with Crippen molar-refractivity contribution >= 4 is 17.3 Å². The normalized spacial score (nSPS) is 15.4. The first-order valence-electron chi connectivity index (χ1n) is 6.39. The van der Waals surface area contributed by atoms with E-state index in [1.807, 2.05) is 16.7 Å². The van der Waals surface area contributed by atoms with Crippen LogP contribution in [-0.2, 0) is 4.79 Å². The van der Waals surface area contributed by atoms with Crippen LogP contribution in [-0.4, -0.2) is 41.9 Å². The number of hydrogen-bond donors (Lipinski definition) is 0. The van der Waals surface area contributed by atoms with Crippen molar-refractivity contribution in [2.75, 3.05) is 31.1 Å². The molecule has 0 aromatic heterocycles. The number of hydrogen-bond acceptors (Lipinski definition) is 4. The summed E-state index contributed by atoms with van der Waals surface area (Å²) in [6, 6.07) is 6.73. The smallest absolute Gasteiger partial charge is 0.292 e. The lowest BCUT2D eigenvalue weighted by Gasteiger charge is -2.35. The maximum atomic E-state index is 11.6. The van der Waals surface area contributed by atoms with Crippen LogP contribution in [0, 0.1) is 10.1 Å². The van der Waals surface area contributed by atoms with E-state index >= 15 is 0 Å². The van der Waals surface area contributed by atoms with Gasteiger partial charge in [-0.2, -0.15) is 0 Å². The number of amides is 1. The first-order chi connectivity index (χ1) is 9.13. The molecule has 0 atom stereocenters. The fraction of sp³-hybridized carbons (Fsp3) is 0.462. The summed E-state index contributed by atoms with van der Waals surface area (Å²) in [7, 11) is 0. The van der Waals surface area contributed by atoms with Crippen molar-refractivity contribution in [3.05, 3.63) is 34.4 Å². The van der Waals surface area contributed by atoms with Crippen LogP contribution < -0.4 is 4.90 Å². The van der Waals surface area contributed by atoms with Gasteiger partial charge in [0.2, 0.25) is 5.91 Å². The Kier molecular flexibility index (Phi) is 3.99. The van der Waals surface area contributed by atoms with E-state index in [0.717, 1.165) is 0 Å². The molecule has 1 aromatic carbocycles. The fourth-order valence-corrected chi connectivity index (χ4v) is 2.31. The number of carbonyl (C=O) groups is 1. The zero-order valence-corrected chi connectivity index (χ0v) is 10.9. The zero-order valence-electron chi connectivity index (χ0n) is 10.9. The number of carbonyl (C=O) groups excluding carboxylic acids is 1. The molecule has 0 radical (unpaired) electrons. The summed E-state index contributed by atoms with van der Waals surface area (Å²) in [6.45, 7) is 4.36. The lowest BCUT2D eigenvalue weighted by molar-refractivity contribution is -0.384. The van der Waals surface area contributed by atoms with Crippen LogP contribution in [0.15, 0.2) is 24.3 Å². The molecule has 0 N–H and O–H groups in total. The van der Waals surface area contributed by atoms with E-state index in [4.69, 9.17) is 0 Å². The number of benzene rings is 1. The molecule has 1 fully saturated rings. The van der Waals surface area contributed by atoms with Gasteiger partial charge in [-0.3, -0.25) is 14.9 Å². The number of para-hydroxylation sites is 2. The van der Waals surface area contributed by atoms with Gasteiger partial charge in [-0.25, -0.2) is 0 Å². The second-order valence-corrected chi connectivity index (χ2v) is 4.47. The van der Waals surface area contributed by atoms with E-state index in [9.17, 15) is 14.9 Å². The molecule has 1 amide bonds. The predicted octanol–water partition coefficient (Wildman–Crippen LogP) is 1.65. The summed E-state index contributed by atoms with van der Waals surface area (Å²) in [6.07, 6.45) is 0.505. The predicted molar refractivity (Wildman–Crippen MR) is 72.2 cm³/mol. The number of nitro benzene ring substituents is 1. The summed E-state index contributed by atoms with van der Waals surface area (Å²) >= 11 is 0. The third kappa shape index (κ3) is 2.83. The van der Waals surface area contributed by atoms with Crippen molar-refractivity contribution in [2.45, 2.75) is 13.3 Å². The van der Waals surface area contributed by atoms with Crippen molar-refractivity contribution in [3.63, 3.8) is 0 Å². The number of nitro groups is 1. The molecule has 0 aliphatic carbocycles. The lowest BCUT2D eigenvalue weighted by Crippen LogP contribution is -2.48. The summed E-state index contributed by atoms with van der Waals surface area (Å²) in [5.74, 6) is 0.141. The van der Waals surface area contributed by atoms with Gasteiger partial charge in [0.25, 0.3) is 5.69 Å². The van der Waals surface area contributed by atoms with Crippen LogP contribution in [0.4, 0.5) is 11.4 Å². The minimum atomic E-state index is -0.362. The average Bonchev–Trinajstić information content (AvgIpc) is 2.46. The lowest BCUT2D eigenvalue weighted by atomic mass is 10.2. The van der Waals surface area contributed by atoms with Crippen molar-refractivity contribution in [1.82, 2.24) is 4.90 Å². The maximum absolute atomic E-state index is 11.6. The molecule has 1 aliphatic heterocycles. The topological polar surface area (TPSA) is 66.7 Å². The van der Waals surface area contributed by atoms with E-state index in [1.165, 1.54) is 6.07 Å². The van der Waals surface area contributed by atoms with Gasteiger partial charge in [0.1, 0.15) is 5.69 Å². The average molecular weight is 263 g/mol. The highest BCUT2D eigenvalue weighted by Gasteiger charge is 2.24. The largest absolute Gasteiger partial charge is 0.362 e. The molecule has 0 spiro atoms. The van der Waals surface area contributed by atoms with E-state index in [1.54, 1.807) is 18.2 Å². The molecule has 19 heavy (non-hydrogen) atoms. The minimum Gasteiger partial charge on any atom is -0.362 e. The summed E-state index contributed by atoms with van der Waals surface area (Å²) in [5, 5.41) is 11.0. The van der Waals surface area contributed by atoms with Crippen molar-refractivity contribution in [3.8, 4) is 0 Å². The van der Waals surface area contributed by atoms with E-state index < -0.39 is 0 Å². The van der Waals surface area contributed by atoms with E-state index in [-0.39, 0.29) is 16.5 Å². The van der Waals surface area contributed by atoms with E-state index in [0.29, 0.717) is 38.3 Å². The Hall–Kier alpha value is -2.11. The molecule has 6 nitrogen and oxygen atoms in total. The molecule has 0 bridgehead atoms. The molecule has 2 rings (SSSR count). The molecule has 102 valence electrons. The van der Waals surface area contributed by atoms with Gasteiger partial charge in [-0.1, -0.05) is 19.1 Å². The monoisotopic (exact) mass is 263 g/mol. The second-order valence-electron chi connectivity index (χ2n) is 4.47. The van der Waals surface area contributed by atoms with Gasteiger partial charge in [0.05, 0.1) is 4.92 Å². The Morgan fingerprint density at radius 1 is 1.26 bits per heavy atom. The molecule has 1 aliphatic rings. The standard InChI is InChI=1S/C13H17N3O3/c1-2-13(17)15-9-7-14(8-10-15)11-5-3-4-6-12(11)16(18)19/h3-6H,2,7-10H2,1H3. The maximum Gasteiger partial charge on any atom is 0.292 e. The Labute approximate surface area is 111 Å². The molecule has 1 aromatic rings. The molecule has 0 saturated carbocycles. The number of rotatable bonds is 3. The van der Waals surface area contributed by atoms with Gasteiger partial charge in [-0.05, 0) is 6.07 Å². The number of nitrogens with zero attached hydrogens (tertiary/aromatic N) is 3. The van der Waals surface area contributed by atoms with Crippen LogP contribution >= 0.6 is 0 Å². The van der Waals surface area contributed by atoms with Gasteiger partial charge < -0.3 is 9.80 Å². The Balaban J connectivity index is 2.10. The Morgan fingerprint density at radius 2 is 1.89 bits per heavy atom. The first kappa shape index (κ1) is 13.3. The highest BCUT2D eigenvalue weighted by molar-refractivity contribution is 5.76. The van der Waals surface area contributed by atoms with Gasteiger partial charge in [0, 0.05) is 38.7 Å². The SMILES string of the molecule is CCC(=O)N1CCN(c2ccccc2[N+](=O)[O-])CC1. The third-order valence-electron chi connectivity index (χ3n) is 3.35. The summed E-state index contributed by atoms with van der Waals surface area (Å²) in [4.78, 5) is 26.0. The van der Waals surface area contributed by atoms with Gasteiger partial charge in [0.15, 0.2) is 0 Å². The first-order valence-corrected chi connectivity index (χ1v) is 6.39. The highest BCUT2D eigenvalue weighted by atomic mass is 16.6. The highest BCUT2D eigenvalue weighted by Crippen LogP contribution is 2.28. The Bertz CT molecular complexity index is 482. The van der Waals surface area contributed by atoms with E-state index in [2.05, 4.69) is 0 Å². The second kappa shape index (κ2) is 5.69. The fourth-order valence-electron chi connectivity index (χ4n) is 2.31. The number of anilines is 1. The quantitative estimate of drug-likeness (QED) is 0.614. The van der Waals surface area contributed by atoms with Crippen molar-refractivity contribution in [2.24, 2.45) is 0 Å². The van der Waals surface area contributed by atoms with Gasteiger partial charge >= 0.3 is 0 Å². The molecular formula is C13H17N3O3. The van der Waals surface area contributed by atoms with Crippen molar-refractivity contribution < 1.29 is 9.72 Å². The third-order valence-corrected chi connectivity index (χ3v) is 3.35. The molecule has 6 heteroatoms. The Morgan fingerprint density at radius 3 is 2.47 bits per heavy atom. The van der Waals surface area contributed by atoms with Crippen LogP contribution in [0.5, 0.6) is 0 Å². The number of piperazine rings is 1. The molecule has 1 heterocycles. The molecular weight excluding hydrogens is 246 g/mol. The van der Waals surface area contributed by atoms with Crippen LogP contribution in [0.25, 0.3) is 0 Å². The van der Waals surface area contributed by atoms with Crippen LogP contribution in [0.2, 0.25) is 0 Å². The minimum absolute atomic E-state index is 0.123. The van der Waals surface area contributed by atoms with Crippen LogP contribution in [0.1, 0.15) is 13.3 Å². The molecule has 0 unspecified atom stereocenters. The van der Waals surface area contributed by atoms with Crippen molar-refractivity contribution in [1.29, 1.82) is 0 Å². The summed E-state index contributed by atoms with van der Waals surface area (Å²) in [5.41, 5.74) is 0.758. The zero-order chi connectivity index (χ0) is 13.8. The summed E-state index contributed by atoms with van der Waals surface area (Å²) < 4.78 is 0.